The molecule has 0 aromatic heterocycles. The van der Waals surface area contributed by atoms with Gasteiger partial charge in [-0.05, 0) is 31.0 Å². The summed E-state index contributed by atoms with van der Waals surface area (Å²) in [5.41, 5.74) is -0.508. The van der Waals surface area contributed by atoms with Crippen LogP contribution in [0.3, 0.4) is 0 Å². The molecule has 0 unspecified atom stereocenters. The van der Waals surface area contributed by atoms with Crippen molar-refractivity contribution in [2.24, 2.45) is 0 Å². The van der Waals surface area contributed by atoms with Gasteiger partial charge in [-0.25, -0.2) is 4.79 Å². The minimum atomic E-state index is -4.56. The van der Waals surface area contributed by atoms with Crippen molar-refractivity contribution in [3.8, 4) is 5.75 Å². The first-order valence-corrected chi connectivity index (χ1v) is 7.49. The number of rotatable bonds is 6. The fraction of sp³-hybridized carbons (Fsp3) is 0.417. The van der Waals surface area contributed by atoms with Gasteiger partial charge in [0.1, 0.15) is 11.3 Å². The van der Waals surface area contributed by atoms with E-state index in [2.05, 4.69) is 4.74 Å². The molecular formula is C12H13F3O6S. The standard InChI is InChI=1S/C12H13F3O6S/c13-12(14,15)5-1-2-6-21-11(17)9-7-8(22(18,19)20)3-4-10(9)16/h3-4,7,16H,1-2,5-6H2,(H,18,19,20). The summed E-state index contributed by atoms with van der Waals surface area (Å²) in [5.74, 6) is -1.68. The van der Waals surface area contributed by atoms with Gasteiger partial charge in [0.25, 0.3) is 10.1 Å². The van der Waals surface area contributed by atoms with Crippen molar-refractivity contribution in [2.45, 2.75) is 30.3 Å². The highest BCUT2D eigenvalue weighted by Crippen LogP contribution is 2.23. The van der Waals surface area contributed by atoms with Crippen LogP contribution in [0.1, 0.15) is 29.6 Å². The zero-order valence-electron chi connectivity index (χ0n) is 11.1. The van der Waals surface area contributed by atoms with Crippen molar-refractivity contribution in [3.63, 3.8) is 0 Å². The molecule has 0 saturated heterocycles. The van der Waals surface area contributed by atoms with Crippen LogP contribution < -0.4 is 0 Å². The average Bonchev–Trinajstić information content (AvgIpc) is 2.35. The summed E-state index contributed by atoms with van der Waals surface area (Å²) in [4.78, 5) is 11.0. The minimum Gasteiger partial charge on any atom is -0.507 e. The molecule has 0 amide bonds. The number of hydrogen-bond donors (Lipinski definition) is 2. The number of halogens is 3. The Bertz CT molecular complexity index is 639. The fourth-order valence-electron chi connectivity index (χ4n) is 1.51. The number of aromatic hydroxyl groups is 1. The molecule has 0 saturated carbocycles. The van der Waals surface area contributed by atoms with Crippen molar-refractivity contribution < 1.29 is 40.8 Å². The smallest absolute Gasteiger partial charge is 0.389 e. The lowest BCUT2D eigenvalue weighted by Gasteiger charge is -2.08. The molecule has 1 rings (SSSR count). The molecule has 1 aromatic carbocycles. The third-order valence-corrected chi connectivity index (χ3v) is 3.42. The van der Waals surface area contributed by atoms with E-state index in [1.165, 1.54) is 0 Å². The molecule has 0 aliphatic heterocycles. The number of ether oxygens (including phenoxy) is 1. The summed E-state index contributed by atoms with van der Waals surface area (Å²) < 4.78 is 71.0. The second-order valence-corrected chi connectivity index (χ2v) is 5.78. The molecule has 22 heavy (non-hydrogen) atoms. The summed E-state index contributed by atoms with van der Waals surface area (Å²) in [6.07, 6.45) is -5.56. The summed E-state index contributed by atoms with van der Waals surface area (Å²) in [6.45, 7) is -0.315. The SMILES string of the molecule is O=C(OCCCCC(F)(F)F)c1cc(S(=O)(=O)O)ccc1O. The van der Waals surface area contributed by atoms with E-state index in [4.69, 9.17) is 4.55 Å². The van der Waals surface area contributed by atoms with Crippen LogP contribution in [-0.2, 0) is 14.9 Å². The van der Waals surface area contributed by atoms with Crippen LogP contribution in [0, 0.1) is 0 Å². The first kappa shape index (κ1) is 18.2. The monoisotopic (exact) mass is 342 g/mol. The maximum atomic E-state index is 11.9. The van der Waals surface area contributed by atoms with Crippen molar-refractivity contribution in [3.05, 3.63) is 23.8 Å². The molecule has 0 bridgehead atoms. The van der Waals surface area contributed by atoms with Gasteiger partial charge in [-0.3, -0.25) is 4.55 Å². The highest BCUT2D eigenvalue weighted by atomic mass is 32.2. The Morgan fingerprint density at radius 3 is 2.41 bits per heavy atom. The molecule has 6 nitrogen and oxygen atoms in total. The fourth-order valence-corrected chi connectivity index (χ4v) is 2.02. The molecule has 2 N–H and O–H groups in total. The van der Waals surface area contributed by atoms with E-state index >= 15 is 0 Å². The Labute approximate surface area is 124 Å². The number of carbonyl (C=O) groups is 1. The molecule has 0 heterocycles. The number of hydrogen-bond acceptors (Lipinski definition) is 5. The lowest BCUT2D eigenvalue weighted by atomic mass is 10.2. The van der Waals surface area contributed by atoms with Gasteiger partial charge in [-0.1, -0.05) is 0 Å². The molecule has 0 radical (unpaired) electrons. The number of carbonyl (C=O) groups excluding carboxylic acids is 1. The van der Waals surface area contributed by atoms with E-state index in [1.54, 1.807) is 0 Å². The van der Waals surface area contributed by atoms with Gasteiger partial charge in [0.2, 0.25) is 0 Å². The van der Waals surface area contributed by atoms with Crippen LogP contribution in [-0.4, -0.2) is 36.8 Å². The van der Waals surface area contributed by atoms with Crippen LogP contribution in [0.4, 0.5) is 13.2 Å². The summed E-state index contributed by atoms with van der Waals surface area (Å²) in [6, 6.07) is 2.47. The zero-order chi connectivity index (χ0) is 17.0. The molecule has 0 fully saturated rings. The normalized spacial score (nSPS) is 12.2. The van der Waals surface area contributed by atoms with Crippen LogP contribution in [0.2, 0.25) is 0 Å². The van der Waals surface area contributed by atoms with Crippen molar-refractivity contribution in [2.75, 3.05) is 6.61 Å². The zero-order valence-corrected chi connectivity index (χ0v) is 11.9. The Morgan fingerprint density at radius 1 is 1.23 bits per heavy atom. The third-order valence-electron chi connectivity index (χ3n) is 2.57. The van der Waals surface area contributed by atoms with Crippen molar-refractivity contribution >= 4 is 16.1 Å². The maximum absolute atomic E-state index is 11.9. The number of unbranched alkanes of at least 4 members (excludes halogenated alkanes) is 1. The van der Waals surface area contributed by atoms with Gasteiger partial charge in [0, 0.05) is 6.42 Å². The molecule has 10 heteroatoms. The second kappa shape index (κ2) is 6.97. The lowest BCUT2D eigenvalue weighted by molar-refractivity contribution is -0.135. The van der Waals surface area contributed by atoms with Gasteiger partial charge in [0.15, 0.2) is 0 Å². The van der Waals surface area contributed by atoms with Crippen molar-refractivity contribution in [1.82, 2.24) is 0 Å². The van der Waals surface area contributed by atoms with Gasteiger partial charge in [-0.15, -0.1) is 0 Å². The number of esters is 1. The molecule has 0 aliphatic carbocycles. The van der Waals surface area contributed by atoms with Crippen LogP contribution in [0.5, 0.6) is 5.75 Å². The maximum Gasteiger partial charge on any atom is 0.389 e. The highest BCUT2D eigenvalue weighted by Gasteiger charge is 2.26. The molecule has 0 aliphatic rings. The van der Waals surface area contributed by atoms with Crippen molar-refractivity contribution in [1.29, 1.82) is 0 Å². The Balaban J connectivity index is 2.63. The number of phenols is 1. The van der Waals surface area contributed by atoms with Crippen LogP contribution in [0.25, 0.3) is 0 Å². The summed E-state index contributed by atoms with van der Waals surface area (Å²) in [7, 11) is -4.56. The van der Waals surface area contributed by atoms with E-state index in [0.717, 1.165) is 12.1 Å². The largest absolute Gasteiger partial charge is 0.507 e. The molecule has 0 spiro atoms. The quantitative estimate of drug-likeness (QED) is 0.468. The van der Waals surface area contributed by atoms with E-state index in [9.17, 15) is 31.5 Å². The molecular weight excluding hydrogens is 329 g/mol. The van der Waals surface area contributed by atoms with Gasteiger partial charge < -0.3 is 9.84 Å². The third kappa shape index (κ3) is 5.90. The summed E-state index contributed by atoms with van der Waals surface area (Å²) >= 11 is 0. The topological polar surface area (TPSA) is 101 Å². The number of phenolic OH excluding ortho intramolecular Hbond substituents is 1. The van der Waals surface area contributed by atoms with E-state index in [-0.39, 0.29) is 19.4 Å². The van der Waals surface area contributed by atoms with E-state index in [0.29, 0.717) is 6.07 Å². The predicted molar refractivity (Wildman–Crippen MR) is 68.1 cm³/mol. The molecule has 124 valence electrons. The average molecular weight is 342 g/mol. The van der Waals surface area contributed by atoms with Crippen LogP contribution >= 0.6 is 0 Å². The lowest BCUT2D eigenvalue weighted by Crippen LogP contribution is -2.10. The highest BCUT2D eigenvalue weighted by molar-refractivity contribution is 7.85. The Morgan fingerprint density at radius 2 is 1.86 bits per heavy atom. The first-order valence-electron chi connectivity index (χ1n) is 6.05. The van der Waals surface area contributed by atoms with E-state index in [1.807, 2.05) is 0 Å². The van der Waals surface area contributed by atoms with Gasteiger partial charge >= 0.3 is 12.1 Å². The van der Waals surface area contributed by atoms with Gasteiger partial charge in [-0.2, -0.15) is 21.6 Å². The summed E-state index contributed by atoms with van der Waals surface area (Å²) in [5, 5.41) is 9.45. The molecule has 1 aromatic rings. The van der Waals surface area contributed by atoms with Crippen LogP contribution in [0.15, 0.2) is 23.1 Å². The number of benzene rings is 1. The van der Waals surface area contributed by atoms with E-state index < -0.39 is 44.9 Å². The van der Waals surface area contributed by atoms with Gasteiger partial charge in [0.05, 0.1) is 11.5 Å². The Kier molecular flexibility index (Phi) is 5.78. The first-order chi connectivity index (χ1) is 10.0. The second-order valence-electron chi connectivity index (χ2n) is 4.36. The minimum absolute atomic E-state index is 0.0377. The predicted octanol–water partition coefficient (Wildman–Crippen LogP) is 2.53. The molecule has 0 atom stereocenters. The number of alkyl halides is 3. The Hall–Kier alpha value is -1.81.